The lowest BCUT2D eigenvalue weighted by Gasteiger charge is -2.46. The van der Waals surface area contributed by atoms with Gasteiger partial charge >= 0.3 is 0 Å². The minimum absolute atomic E-state index is 0.114. The first-order valence-corrected chi connectivity index (χ1v) is 26.7. The number of nitrogens with zero attached hydrogens (tertiary/aromatic N) is 5. The maximum Gasteiger partial charge on any atom is 0.210 e. The quantitative estimate of drug-likeness (QED) is 0.0865. The summed E-state index contributed by atoms with van der Waals surface area (Å²) in [5.74, 6) is -2.64. The summed E-state index contributed by atoms with van der Waals surface area (Å²) in [6, 6.07) is 8.00. The molecule has 0 amide bonds. The van der Waals surface area contributed by atoms with Crippen LogP contribution in [-0.4, -0.2) is 116 Å². The van der Waals surface area contributed by atoms with Crippen LogP contribution in [-0.2, 0) is 20.6 Å². The Kier molecular flexibility index (Phi) is 18.7. The van der Waals surface area contributed by atoms with Crippen molar-refractivity contribution in [3.05, 3.63) is 48.2 Å². The van der Waals surface area contributed by atoms with Crippen LogP contribution in [0.1, 0.15) is 129 Å². The van der Waals surface area contributed by atoms with Crippen LogP contribution < -0.4 is 9.64 Å². The van der Waals surface area contributed by atoms with Gasteiger partial charge in [-0.25, -0.2) is 17.2 Å². The predicted octanol–water partition coefficient (Wildman–Crippen LogP) is 10.0. The van der Waals surface area contributed by atoms with Gasteiger partial charge in [-0.3, -0.25) is 14.1 Å². The third kappa shape index (κ3) is 13.0. The molecule has 9 nitrogen and oxygen atoms in total. The fraction of sp³-hybridized carbons (Fsp3) is 0.688. The molecule has 1 aromatic heterocycles. The number of sulfone groups is 1. The fourth-order valence-corrected chi connectivity index (χ4v) is 11.8. The topological polar surface area (TPSA) is 86.3 Å². The van der Waals surface area contributed by atoms with Crippen LogP contribution in [0.3, 0.4) is 0 Å². The maximum absolute atomic E-state index is 15.6. The fourth-order valence-electron chi connectivity index (χ4n) is 9.78. The van der Waals surface area contributed by atoms with Gasteiger partial charge in [-0.2, -0.15) is 0 Å². The number of piperidine rings is 2. The van der Waals surface area contributed by atoms with Gasteiger partial charge in [-0.1, -0.05) is 97.3 Å². The number of aromatic nitrogens is 1. The number of rotatable bonds is 23. The highest BCUT2D eigenvalue weighted by atomic mass is 32.2. The second-order valence-corrected chi connectivity index (χ2v) is 21.0. The molecule has 0 bridgehead atoms. The van der Waals surface area contributed by atoms with Crippen LogP contribution in [0.5, 0.6) is 5.75 Å². The van der Waals surface area contributed by atoms with Gasteiger partial charge in [0.2, 0.25) is 9.84 Å². The van der Waals surface area contributed by atoms with Gasteiger partial charge in [-0.05, 0) is 82.1 Å². The molecular weight excluding hydrogens is 813 g/mol. The molecule has 0 N–H and O–H groups in total. The number of fused-ring (bicyclic) bond motifs is 1. The molecule has 61 heavy (non-hydrogen) atoms. The van der Waals surface area contributed by atoms with Gasteiger partial charge in [0, 0.05) is 84.9 Å². The van der Waals surface area contributed by atoms with Gasteiger partial charge in [0.25, 0.3) is 0 Å². The average Bonchev–Trinajstić information content (AvgIpc) is 3.27. The second kappa shape index (κ2) is 23.8. The molecule has 0 saturated carbocycles. The third-order valence-corrected chi connectivity index (χ3v) is 16.2. The highest BCUT2D eigenvalue weighted by Gasteiger charge is 2.34. The summed E-state index contributed by atoms with van der Waals surface area (Å²) >= 11 is 0. The Morgan fingerprint density at radius 3 is 1.77 bits per heavy atom. The van der Waals surface area contributed by atoms with Crippen molar-refractivity contribution < 1.29 is 26.1 Å². The van der Waals surface area contributed by atoms with Crippen molar-refractivity contribution >= 4 is 37.2 Å². The Morgan fingerprint density at radius 1 is 0.705 bits per heavy atom. The van der Waals surface area contributed by atoms with Crippen molar-refractivity contribution in [1.82, 2.24) is 19.7 Å². The number of likely N-dealkylation sites (tertiary alicyclic amines) is 1. The molecule has 340 valence electrons. The van der Waals surface area contributed by atoms with E-state index in [9.17, 15) is 12.6 Å². The molecule has 1 atom stereocenters. The standard InChI is InChI=1S/C48H73F2N5O4S2/c1-4-6-7-8-9-10-11-12-13-14-15-16-17-18-33-59-48-43(49)35-41(36-44(48)50)61(57,58)46-37-51-45-20-19-40(60(3)56)34-42(45)47(46)55-27-23-38(24-28-55)53-25-21-39(22-26-53)54-31-29-52(5-2)30-32-54/h19-20,34-39H,4-18,21-33H2,1-3H3. The number of benzene rings is 2. The van der Waals surface area contributed by atoms with E-state index in [0.717, 1.165) is 103 Å². The van der Waals surface area contributed by atoms with Gasteiger partial charge in [0.15, 0.2) is 17.4 Å². The SMILES string of the molecule is CCCCCCCCCCCCCCCCOc1c(F)cc(S(=O)(=O)c2cnc3ccc(S(C)=O)cc3c2N2CCC(N3CCC(N4CCN(CC)CC4)CC3)CC2)cc1F. The van der Waals surface area contributed by atoms with Crippen molar-refractivity contribution in [2.24, 2.45) is 0 Å². The van der Waals surface area contributed by atoms with Crippen LogP contribution in [0.2, 0.25) is 0 Å². The molecule has 3 aliphatic rings. The van der Waals surface area contributed by atoms with Gasteiger partial charge in [-0.15, -0.1) is 0 Å². The zero-order chi connectivity index (χ0) is 43.2. The Morgan fingerprint density at radius 2 is 1.23 bits per heavy atom. The Bertz CT molecular complexity index is 1940. The summed E-state index contributed by atoms with van der Waals surface area (Å²) in [6.45, 7) is 13.7. The summed E-state index contributed by atoms with van der Waals surface area (Å²) in [6.07, 6.45) is 23.8. The molecule has 3 fully saturated rings. The van der Waals surface area contributed by atoms with E-state index in [4.69, 9.17) is 4.74 Å². The van der Waals surface area contributed by atoms with E-state index in [-0.39, 0.29) is 11.5 Å². The highest BCUT2D eigenvalue weighted by molar-refractivity contribution is 7.91. The third-order valence-electron chi connectivity index (χ3n) is 13.6. The average molecular weight is 886 g/mol. The summed E-state index contributed by atoms with van der Waals surface area (Å²) in [5.41, 5.74) is 1.01. The summed E-state index contributed by atoms with van der Waals surface area (Å²) < 4.78 is 78.3. The lowest BCUT2D eigenvalue weighted by atomic mass is 9.96. The number of hydrogen-bond acceptors (Lipinski definition) is 9. The van der Waals surface area contributed by atoms with E-state index in [1.807, 2.05) is 0 Å². The number of unbranched alkanes of at least 4 members (excludes halogenated alkanes) is 13. The van der Waals surface area contributed by atoms with E-state index in [1.165, 1.54) is 70.4 Å². The van der Waals surface area contributed by atoms with E-state index >= 15 is 8.78 Å². The Balaban J connectivity index is 1.06. The summed E-state index contributed by atoms with van der Waals surface area (Å²) in [4.78, 5) is 14.4. The van der Waals surface area contributed by atoms with Crippen molar-refractivity contribution in [3.63, 3.8) is 0 Å². The lowest BCUT2D eigenvalue weighted by molar-refractivity contribution is 0.0449. The van der Waals surface area contributed by atoms with Crippen molar-refractivity contribution in [2.75, 3.05) is 76.7 Å². The Hall–Kier alpha value is -2.71. The zero-order valence-corrected chi connectivity index (χ0v) is 39.0. The van der Waals surface area contributed by atoms with Crippen molar-refractivity contribution in [2.45, 2.75) is 156 Å². The number of piperazine rings is 1. The Labute approximate surface area is 368 Å². The van der Waals surface area contributed by atoms with E-state index in [2.05, 4.69) is 38.4 Å². The van der Waals surface area contributed by atoms with Crippen LogP contribution >= 0.6 is 0 Å². The number of ether oxygens (including phenoxy) is 1. The maximum atomic E-state index is 15.6. The minimum atomic E-state index is -4.45. The van der Waals surface area contributed by atoms with E-state index in [1.54, 1.807) is 24.5 Å². The summed E-state index contributed by atoms with van der Waals surface area (Å²) in [7, 11) is -5.76. The van der Waals surface area contributed by atoms with Gasteiger partial charge in [0.1, 0.15) is 4.90 Å². The van der Waals surface area contributed by atoms with Crippen LogP contribution in [0.25, 0.3) is 10.9 Å². The molecule has 3 saturated heterocycles. The largest absolute Gasteiger partial charge is 0.488 e. The van der Waals surface area contributed by atoms with Gasteiger partial charge in [0.05, 0.1) is 22.7 Å². The second-order valence-electron chi connectivity index (χ2n) is 17.7. The van der Waals surface area contributed by atoms with Crippen LogP contribution in [0.15, 0.2) is 51.2 Å². The monoisotopic (exact) mass is 886 g/mol. The molecule has 0 aliphatic carbocycles. The van der Waals surface area contributed by atoms with Crippen molar-refractivity contribution in [3.8, 4) is 5.75 Å². The van der Waals surface area contributed by atoms with Crippen LogP contribution in [0, 0.1) is 11.6 Å². The summed E-state index contributed by atoms with van der Waals surface area (Å²) in [5, 5.41) is 0.560. The lowest BCUT2D eigenvalue weighted by Crippen LogP contribution is -2.55. The first kappa shape index (κ1) is 47.8. The van der Waals surface area contributed by atoms with Crippen LogP contribution in [0.4, 0.5) is 14.5 Å². The molecule has 1 unspecified atom stereocenters. The molecule has 13 heteroatoms. The number of anilines is 1. The molecule has 0 spiro atoms. The molecule has 0 radical (unpaired) electrons. The molecule has 6 rings (SSSR count). The smallest absolute Gasteiger partial charge is 0.210 e. The highest BCUT2D eigenvalue weighted by Crippen LogP contribution is 2.40. The van der Waals surface area contributed by atoms with E-state index < -0.39 is 42.9 Å². The first-order valence-electron chi connectivity index (χ1n) is 23.7. The molecule has 3 aromatic rings. The van der Waals surface area contributed by atoms with Gasteiger partial charge < -0.3 is 19.4 Å². The zero-order valence-electron chi connectivity index (χ0n) is 37.4. The number of likely N-dealkylation sites (N-methyl/N-ethyl adjacent to an activating group) is 1. The predicted molar refractivity (Wildman–Crippen MR) is 245 cm³/mol. The first-order chi connectivity index (χ1) is 29.6. The van der Waals surface area contributed by atoms with Crippen molar-refractivity contribution in [1.29, 1.82) is 0 Å². The van der Waals surface area contributed by atoms with E-state index in [0.29, 0.717) is 53.1 Å². The number of hydrogen-bond donors (Lipinski definition) is 0. The normalized spacial score (nSPS) is 18.6. The number of pyridine rings is 1. The molecule has 4 heterocycles. The number of halogens is 2. The molecule has 2 aromatic carbocycles. The molecular formula is C48H73F2N5O4S2. The molecule has 3 aliphatic heterocycles. The minimum Gasteiger partial charge on any atom is -0.488 e.